The van der Waals surface area contributed by atoms with Gasteiger partial charge in [-0.2, -0.15) is 0 Å². The van der Waals surface area contributed by atoms with Gasteiger partial charge in [-0.25, -0.2) is 26.0 Å². The zero-order valence-electron chi connectivity index (χ0n) is 17.9. The number of carbonyl (C=O) groups is 1. The molecule has 3 aromatic rings. The number of carbonyl (C=O) groups excluding carboxylic acids is 1. The molecule has 3 rings (SSSR count). The van der Waals surface area contributed by atoms with Crippen LogP contribution in [-0.2, 0) is 29.2 Å². The van der Waals surface area contributed by atoms with E-state index in [2.05, 4.69) is 11.3 Å². The first kappa shape index (κ1) is 25.6. The largest absolute Gasteiger partial charge is 0.466 e. The van der Waals surface area contributed by atoms with Gasteiger partial charge in [-0.15, -0.1) is 0 Å². The number of methoxy groups -OCH3 is 1. The average molecular weight is 523 g/mol. The fourth-order valence-corrected chi connectivity index (χ4v) is 8.20. The van der Waals surface area contributed by atoms with Crippen LogP contribution in [0, 0.1) is 0 Å². The molecule has 0 bridgehead atoms. The molecule has 0 spiro atoms. The first-order valence-corrected chi connectivity index (χ1v) is 13.1. The molecule has 0 aliphatic rings. The van der Waals surface area contributed by atoms with Crippen molar-refractivity contribution in [1.82, 2.24) is 0 Å². The summed E-state index contributed by atoms with van der Waals surface area (Å²) in [6.07, 6.45) is 0. The van der Waals surface area contributed by atoms with Gasteiger partial charge in [0.2, 0.25) is 19.7 Å². The van der Waals surface area contributed by atoms with Gasteiger partial charge >= 0.3 is 10.3 Å². The van der Waals surface area contributed by atoms with E-state index in [1.807, 2.05) is 0 Å². The van der Waals surface area contributed by atoms with Crippen molar-refractivity contribution in [2.75, 3.05) is 7.11 Å². The topological polar surface area (TPSA) is 94.6 Å². The maximum Gasteiger partial charge on any atom is 0.333 e. The van der Waals surface area contributed by atoms with Crippen molar-refractivity contribution < 1.29 is 30.8 Å². The zero-order chi connectivity index (χ0) is 25.1. The highest BCUT2D eigenvalue weighted by Crippen LogP contribution is 2.50. The average Bonchev–Trinajstić information content (AvgIpc) is 2.85. The van der Waals surface area contributed by atoms with Gasteiger partial charge in [0.15, 0.2) is 0 Å². The van der Waals surface area contributed by atoms with E-state index in [1.54, 1.807) is 0 Å². The molecule has 0 fully saturated rings. The number of esters is 1. The Labute approximate surface area is 202 Å². The fraction of sp³-hybridized carbons (Fsp3) is 0.125. The molecule has 1 atom stereocenters. The van der Waals surface area contributed by atoms with Crippen molar-refractivity contribution in [3.8, 4) is 0 Å². The fourth-order valence-electron chi connectivity index (χ4n) is 3.49. The molecule has 3 aromatic carbocycles. The number of halogens is 2. The molecular formula is C24H20ClFO6S2. The van der Waals surface area contributed by atoms with E-state index in [9.17, 15) is 21.6 Å². The molecule has 0 radical (unpaired) electrons. The first-order chi connectivity index (χ1) is 16.0. The van der Waals surface area contributed by atoms with Crippen LogP contribution in [0.4, 0.5) is 4.39 Å². The third-order valence-corrected chi connectivity index (χ3v) is 10.5. The second-order valence-corrected chi connectivity index (χ2v) is 12.1. The van der Waals surface area contributed by atoms with Gasteiger partial charge in [0.05, 0.1) is 22.8 Å². The summed E-state index contributed by atoms with van der Waals surface area (Å²) in [5.74, 6) is -3.36. The number of rotatable bonds is 8. The summed E-state index contributed by atoms with van der Waals surface area (Å²) in [7, 11) is -9.62. The lowest BCUT2D eigenvalue weighted by molar-refractivity contribution is -0.136. The summed E-state index contributed by atoms with van der Waals surface area (Å²) < 4.78 is 73.2. The molecule has 178 valence electrons. The van der Waals surface area contributed by atoms with E-state index in [-0.39, 0.29) is 10.6 Å². The third kappa shape index (κ3) is 4.26. The standard InChI is InChI=1S/C24H20ClFO6S2/c1-17(23(27)32-2)22(18-13-15-19(25)16-14-18)24(26,33(28,29)20-9-5-3-6-10-20)34(30,31)21-11-7-4-8-12-21/h3-16,22H,1H2,2H3/t22-/m1/s1. The minimum absolute atomic E-state index is 0.152. The van der Waals surface area contributed by atoms with Crippen molar-refractivity contribution in [2.24, 2.45) is 0 Å². The predicted molar refractivity (Wildman–Crippen MR) is 126 cm³/mol. The Hall–Kier alpha value is -3.01. The maximum absolute atomic E-state index is 17.4. The van der Waals surface area contributed by atoms with Crippen molar-refractivity contribution in [1.29, 1.82) is 0 Å². The molecule has 34 heavy (non-hydrogen) atoms. The van der Waals surface area contributed by atoms with Crippen LogP contribution >= 0.6 is 11.6 Å². The number of hydrogen-bond donors (Lipinski definition) is 0. The number of ether oxygens (including phenoxy) is 1. The van der Waals surface area contributed by atoms with Gasteiger partial charge in [-0.1, -0.05) is 66.7 Å². The Kier molecular flexibility index (Phi) is 7.30. The lowest BCUT2D eigenvalue weighted by Crippen LogP contribution is -2.48. The van der Waals surface area contributed by atoms with E-state index >= 15 is 4.39 Å². The van der Waals surface area contributed by atoms with Crippen molar-refractivity contribution in [2.45, 2.75) is 20.0 Å². The van der Waals surface area contributed by atoms with Crippen molar-refractivity contribution in [3.63, 3.8) is 0 Å². The van der Waals surface area contributed by atoms with Crippen LogP contribution in [0.5, 0.6) is 0 Å². The molecule has 0 heterocycles. The SMILES string of the molecule is C=C(C(=O)OC)[C@H](c1ccc(Cl)cc1)C(F)(S(=O)(=O)c1ccccc1)S(=O)(=O)c1ccccc1. The van der Waals surface area contributed by atoms with Gasteiger partial charge in [0.1, 0.15) is 0 Å². The van der Waals surface area contributed by atoms with Gasteiger partial charge < -0.3 is 4.74 Å². The minimum atomic E-state index is -5.31. The molecule has 10 heteroatoms. The highest BCUT2D eigenvalue weighted by Gasteiger charge is 2.64. The van der Waals surface area contributed by atoms with Crippen molar-refractivity contribution >= 4 is 37.2 Å². The van der Waals surface area contributed by atoms with Crippen LogP contribution < -0.4 is 0 Å². The lowest BCUT2D eigenvalue weighted by Gasteiger charge is -2.33. The zero-order valence-corrected chi connectivity index (χ0v) is 20.3. The number of alkyl halides is 1. The Balaban J connectivity index is 2.47. The molecule has 0 saturated carbocycles. The first-order valence-electron chi connectivity index (χ1n) is 9.79. The van der Waals surface area contributed by atoms with Crippen LogP contribution in [0.15, 0.2) is 107 Å². The van der Waals surface area contributed by atoms with Crippen LogP contribution in [0.1, 0.15) is 11.5 Å². The van der Waals surface area contributed by atoms with Gasteiger partial charge in [0.25, 0.3) is 0 Å². The highest BCUT2D eigenvalue weighted by molar-refractivity contribution is 8.10. The molecule has 0 aliphatic heterocycles. The second-order valence-electron chi connectivity index (χ2n) is 7.22. The smallest absolute Gasteiger partial charge is 0.333 e. The summed E-state index contributed by atoms with van der Waals surface area (Å²) in [5, 5.41) is 0.229. The summed E-state index contributed by atoms with van der Waals surface area (Å²) in [6, 6.07) is 17.7. The summed E-state index contributed by atoms with van der Waals surface area (Å²) >= 11 is 5.93. The number of sulfone groups is 2. The molecule has 0 amide bonds. The van der Waals surface area contributed by atoms with Crippen LogP contribution in [-0.4, -0.2) is 34.2 Å². The molecule has 0 aromatic heterocycles. The molecule has 0 unspecified atom stereocenters. The molecular weight excluding hydrogens is 503 g/mol. The predicted octanol–water partition coefficient (Wildman–Crippen LogP) is 4.72. The van der Waals surface area contributed by atoms with E-state index in [1.165, 1.54) is 60.7 Å². The van der Waals surface area contributed by atoms with E-state index in [4.69, 9.17) is 11.6 Å². The Morgan fingerprint density at radius 3 is 1.65 bits per heavy atom. The molecule has 6 nitrogen and oxygen atoms in total. The second kappa shape index (κ2) is 9.69. The normalized spacial score (nSPS) is 13.1. The van der Waals surface area contributed by atoms with Crippen LogP contribution in [0.2, 0.25) is 5.02 Å². The Morgan fingerprint density at radius 1 is 0.853 bits per heavy atom. The molecule has 0 aliphatic carbocycles. The maximum atomic E-state index is 17.4. The van der Waals surface area contributed by atoms with E-state index in [0.29, 0.717) is 0 Å². The van der Waals surface area contributed by atoms with Crippen LogP contribution in [0.3, 0.4) is 0 Å². The number of benzene rings is 3. The minimum Gasteiger partial charge on any atom is -0.466 e. The number of hydrogen-bond acceptors (Lipinski definition) is 6. The highest BCUT2D eigenvalue weighted by atomic mass is 35.5. The van der Waals surface area contributed by atoms with Gasteiger partial charge in [-0.3, -0.25) is 0 Å². The van der Waals surface area contributed by atoms with E-state index in [0.717, 1.165) is 31.4 Å². The van der Waals surface area contributed by atoms with Gasteiger partial charge in [0, 0.05) is 10.6 Å². The molecule has 0 saturated heterocycles. The van der Waals surface area contributed by atoms with E-state index < -0.39 is 51.3 Å². The summed E-state index contributed by atoms with van der Waals surface area (Å²) in [5.41, 5.74) is -0.854. The van der Waals surface area contributed by atoms with Crippen LogP contribution in [0.25, 0.3) is 0 Å². The quantitative estimate of drug-likeness (QED) is 0.314. The third-order valence-electron chi connectivity index (χ3n) is 5.18. The van der Waals surface area contributed by atoms with Crippen molar-refractivity contribution in [3.05, 3.63) is 108 Å². The summed E-state index contributed by atoms with van der Waals surface area (Å²) in [6.45, 7) is 3.53. The Bertz CT molecular complexity index is 1340. The Morgan fingerprint density at radius 2 is 1.26 bits per heavy atom. The van der Waals surface area contributed by atoms with Gasteiger partial charge in [-0.05, 0) is 42.0 Å². The summed E-state index contributed by atoms with van der Waals surface area (Å²) in [4.78, 5) is 11.3. The molecule has 0 N–H and O–H groups in total. The monoisotopic (exact) mass is 522 g/mol. The lowest BCUT2D eigenvalue weighted by atomic mass is 9.92.